The van der Waals surface area contributed by atoms with Crippen molar-refractivity contribution in [2.24, 2.45) is 5.41 Å². The molecule has 12 heavy (non-hydrogen) atoms. The highest BCUT2D eigenvalue weighted by molar-refractivity contribution is 14.1. The third-order valence-corrected chi connectivity index (χ3v) is 1.86. The summed E-state index contributed by atoms with van der Waals surface area (Å²) in [5.41, 5.74) is -0.416. The van der Waals surface area contributed by atoms with Crippen LogP contribution in [0.4, 0.5) is 0 Å². The molecule has 0 aliphatic rings. The molecule has 0 heterocycles. The highest BCUT2D eigenvalue weighted by atomic mass is 127. The van der Waals surface area contributed by atoms with Gasteiger partial charge in [-0.25, -0.2) is 0 Å². The molecule has 3 nitrogen and oxygen atoms in total. The Balaban J connectivity index is 4.75. The van der Waals surface area contributed by atoms with Crippen molar-refractivity contribution >= 4 is 26.4 Å². The largest absolute Gasteiger partial charge is 0.395 e. The predicted octanol–water partition coefficient (Wildman–Crippen LogP) is 1.42. The standard InChI is InChI=1S/C8H10INO2/c1-8(2,5-11)3-6(4-10)7(9)12/h3,11H,5H2,1-2H3/b6-3+. The number of rotatable bonds is 3. The number of halogens is 1. The van der Waals surface area contributed by atoms with Crippen molar-refractivity contribution in [3.63, 3.8) is 0 Å². The van der Waals surface area contributed by atoms with Crippen molar-refractivity contribution in [1.82, 2.24) is 0 Å². The van der Waals surface area contributed by atoms with Crippen LogP contribution in [0.3, 0.4) is 0 Å². The molecule has 0 radical (unpaired) electrons. The van der Waals surface area contributed by atoms with Crippen LogP contribution >= 0.6 is 22.6 Å². The molecule has 0 bridgehead atoms. The van der Waals surface area contributed by atoms with Gasteiger partial charge >= 0.3 is 0 Å². The van der Waals surface area contributed by atoms with Crippen molar-refractivity contribution < 1.29 is 9.90 Å². The van der Waals surface area contributed by atoms with E-state index in [2.05, 4.69) is 0 Å². The predicted molar refractivity (Wildman–Crippen MR) is 53.6 cm³/mol. The third kappa shape index (κ3) is 3.83. The van der Waals surface area contributed by atoms with E-state index in [0.717, 1.165) is 0 Å². The van der Waals surface area contributed by atoms with E-state index in [1.807, 2.05) is 0 Å². The van der Waals surface area contributed by atoms with E-state index < -0.39 is 5.41 Å². The molecule has 4 heteroatoms. The van der Waals surface area contributed by atoms with Gasteiger partial charge in [-0.05, 0) is 0 Å². The van der Waals surface area contributed by atoms with Crippen LogP contribution in [-0.2, 0) is 4.79 Å². The summed E-state index contributed by atoms with van der Waals surface area (Å²) in [5, 5.41) is 17.4. The number of allylic oxidation sites excluding steroid dienone is 1. The molecule has 0 rings (SSSR count). The van der Waals surface area contributed by atoms with Gasteiger partial charge in [0.2, 0.25) is 3.79 Å². The first-order valence-electron chi connectivity index (χ1n) is 3.36. The SMILES string of the molecule is CC(C)(/C=C(\C#N)C(=O)I)CO. The summed E-state index contributed by atoms with van der Waals surface area (Å²) in [7, 11) is 0. The first-order chi connectivity index (χ1) is 5.43. The average Bonchev–Trinajstić information content (AvgIpc) is 2.00. The summed E-state index contributed by atoms with van der Waals surface area (Å²) < 4.78 is -0.295. The molecule has 0 aromatic heterocycles. The molecule has 0 saturated carbocycles. The average molecular weight is 279 g/mol. The second-order valence-corrected chi connectivity index (χ2v) is 4.07. The van der Waals surface area contributed by atoms with Crippen LogP contribution < -0.4 is 0 Å². The summed E-state index contributed by atoms with van der Waals surface area (Å²) in [4.78, 5) is 10.8. The lowest BCUT2D eigenvalue weighted by molar-refractivity contribution is -0.106. The Kier molecular flexibility index (Phi) is 4.42. The van der Waals surface area contributed by atoms with Gasteiger partial charge in [-0.1, -0.05) is 19.9 Å². The lowest BCUT2D eigenvalue weighted by Gasteiger charge is -2.15. The molecule has 0 aromatic rings. The number of carbonyl (C=O) groups is 1. The van der Waals surface area contributed by atoms with Crippen molar-refractivity contribution in [3.05, 3.63) is 11.6 Å². The fourth-order valence-electron chi connectivity index (χ4n) is 0.569. The molecule has 0 aromatic carbocycles. The summed E-state index contributed by atoms with van der Waals surface area (Å²) in [6.45, 7) is 3.43. The maximum atomic E-state index is 10.8. The molecule has 0 fully saturated rings. The zero-order valence-corrected chi connectivity index (χ0v) is 9.12. The van der Waals surface area contributed by atoms with E-state index in [1.54, 1.807) is 42.5 Å². The molecule has 0 aliphatic carbocycles. The molecule has 0 amide bonds. The van der Waals surface area contributed by atoms with Gasteiger partial charge in [-0.15, -0.1) is 0 Å². The second-order valence-electron chi connectivity index (χ2n) is 3.09. The monoisotopic (exact) mass is 279 g/mol. The lowest BCUT2D eigenvalue weighted by Crippen LogP contribution is -2.14. The first-order valence-corrected chi connectivity index (χ1v) is 4.44. The summed E-state index contributed by atoms with van der Waals surface area (Å²) in [5.74, 6) is 0. The van der Waals surface area contributed by atoms with Gasteiger partial charge in [-0.3, -0.25) is 4.79 Å². The number of hydrogen-bond donors (Lipinski definition) is 1. The highest BCUT2D eigenvalue weighted by Gasteiger charge is 2.16. The Morgan fingerprint density at radius 1 is 1.75 bits per heavy atom. The Bertz CT molecular complexity index is 250. The number of nitriles is 1. The molecule has 0 aliphatic heterocycles. The zero-order chi connectivity index (χ0) is 9.78. The van der Waals surface area contributed by atoms with E-state index in [-0.39, 0.29) is 16.0 Å². The Morgan fingerprint density at radius 3 is 2.50 bits per heavy atom. The van der Waals surface area contributed by atoms with Crippen molar-refractivity contribution in [3.8, 4) is 6.07 Å². The van der Waals surface area contributed by atoms with Crippen molar-refractivity contribution in [1.29, 1.82) is 5.26 Å². The van der Waals surface area contributed by atoms with Crippen LogP contribution in [0.2, 0.25) is 0 Å². The minimum atomic E-state index is -0.508. The Morgan fingerprint density at radius 2 is 2.25 bits per heavy atom. The van der Waals surface area contributed by atoms with Gasteiger partial charge in [0, 0.05) is 28.0 Å². The smallest absolute Gasteiger partial charge is 0.232 e. The molecule has 0 saturated heterocycles. The van der Waals surface area contributed by atoms with Gasteiger partial charge in [0.1, 0.15) is 11.6 Å². The van der Waals surface area contributed by atoms with Gasteiger partial charge < -0.3 is 5.11 Å². The van der Waals surface area contributed by atoms with E-state index >= 15 is 0 Å². The van der Waals surface area contributed by atoms with Crippen molar-refractivity contribution in [2.75, 3.05) is 6.61 Å². The Labute approximate surface area is 85.2 Å². The van der Waals surface area contributed by atoms with E-state index in [4.69, 9.17) is 10.4 Å². The third-order valence-electron chi connectivity index (χ3n) is 1.27. The number of aliphatic hydroxyl groups excluding tert-OH is 1. The lowest BCUT2D eigenvalue weighted by atomic mass is 9.92. The maximum Gasteiger partial charge on any atom is 0.232 e. The molecule has 66 valence electrons. The minimum absolute atomic E-state index is 0.0813. The molecular weight excluding hydrogens is 269 g/mol. The number of aliphatic hydroxyl groups is 1. The van der Waals surface area contributed by atoms with Gasteiger partial charge in [0.05, 0.1) is 6.61 Å². The van der Waals surface area contributed by atoms with E-state index in [1.165, 1.54) is 6.08 Å². The first kappa shape index (κ1) is 11.6. The van der Waals surface area contributed by atoms with Gasteiger partial charge in [0.15, 0.2) is 0 Å². The van der Waals surface area contributed by atoms with Gasteiger partial charge in [0.25, 0.3) is 0 Å². The van der Waals surface area contributed by atoms with Crippen molar-refractivity contribution in [2.45, 2.75) is 13.8 Å². The summed E-state index contributed by atoms with van der Waals surface area (Å²) in [6.07, 6.45) is 1.49. The topological polar surface area (TPSA) is 61.1 Å². The van der Waals surface area contributed by atoms with E-state index in [9.17, 15) is 4.79 Å². The number of nitrogens with zero attached hydrogens (tertiary/aromatic N) is 1. The molecule has 0 unspecified atom stereocenters. The van der Waals surface area contributed by atoms with Crippen LogP contribution in [0.25, 0.3) is 0 Å². The van der Waals surface area contributed by atoms with Crippen LogP contribution in [0.15, 0.2) is 11.6 Å². The zero-order valence-electron chi connectivity index (χ0n) is 6.97. The molecule has 0 spiro atoms. The van der Waals surface area contributed by atoms with Crippen LogP contribution in [-0.4, -0.2) is 15.5 Å². The quantitative estimate of drug-likeness (QED) is 0.368. The second kappa shape index (κ2) is 4.58. The van der Waals surface area contributed by atoms with Gasteiger partial charge in [-0.2, -0.15) is 5.26 Å². The molecular formula is C8H10INO2. The minimum Gasteiger partial charge on any atom is -0.395 e. The number of hydrogen-bond acceptors (Lipinski definition) is 3. The maximum absolute atomic E-state index is 10.8. The van der Waals surface area contributed by atoms with E-state index in [0.29, 0.717) is 0 Å². The summed E-state index contributed by atoms with van der Waals surface area (Å²) in [6, 6.07) is 1.78. The highest BCUT2D eigenvalue weighted by Crippen LogP contribution is 2.19. The van der Waals surface area contributed by atoms with Crippen LogP contribution in [0.5, 0.6) is 0 Å². The fourth-order valence-corrected chi connectivity index (χ4v) is 0.846. The number of carbonyl (C=O) groups excluding carboxylic acids is 1. The summed E-state index contributed by atoms with van der Waals surface area (Å²) >= 11 is 1.55. The van der Waals surface area contributed by atoms with Crippen LogP contribution in [0.1, 0.15) is 13.8 Å². The normalized spacial score (nSPS) is 12.4. The molecule has 0 atom stereocenters. The Hall–Kier alpha value is -0.410. The fraction of sp³-hybridized carbons (Fsp3) is 0.500. The van der Waals surface area contributed by atoms with Crippen LogP contribution in [0, 0.1) is 16.7 Å². The molecule has 1 N–H and O–H groups in total.